The highest BCUT2D eigenvalue weighted by Gasteiger charge is 2.00. The van der Waals surface area contributed by atoms with Gasteiger partial charge >= 0.3 is 0 Å². The molecule has 5 heteroatoms. The summed E-state index contributed by atoms with van der Waals surface area (Å²) in [6.45, 7) is 5.03. The van der Waals surface area contributed by atoms with E-state index in [-0.39, 0.29) is 24.0 Å². The van der Waals surface area contributed by atoms with Gasteiger partial charge < -0.3 is 15.4 Å². The van der Waals surface area contributed by atoms with Crippen LogP contribution in [0.5, 0.6) is 5.75 Å². The smallest absolute Gasteiger partial charge is 0.191 e. The first kappa shape index (κ1) is 18.0. The third-order valence-corrected chi connectivity index (χ3v) is 2.49. The van der Waals surface area contributed by atoms with Crippen LogP contribution >= 0.6 is 24.0 Å². The summed E-state index contributed by atoms with van der Waals surface area (Å²) in [4.78, 5) is 4.16. The van der Waals surface area contributed by atoms with E-state index < -0.39 is 0 Å². The van der Waals surface area contributed by atoms with Crippen molar-refractivity contribution < 1.29 is 4.74 Å². The van der Waals surface area contributed by atoms with Crippen molar-refractivity contribution in [2.45, 2.75) is 26.3 Å². The first-order chi connectivity index (χ1) is 8.65. The maximum Gasteiger partial charge on any atom is 0.191 e. The Morgan fingerprint density at radius 1 is 1.37 bits per heavy atom. The number of hydrogen-bond acceptors (Lipinski definition) is 2. The van der Waals surface area contributed by atoms with Gasteiger partial charge in [0, 0.05) is 19.6 Å². The number of guanidine groups is 1. The van der Waals surface area contributed by atoms with Gasteiger partial charge in [-0.15, -0.1) is 24.0 Å². The Morgan fingerprint density at radius 2 is 2.11 bits per heavy atom. The van der Waals surface area contributed by atoms with Crippen LogP contribution in [0.1, 0.15) is 19.4 Å². The number of rotatable bonds is 5. The summed E-state index contributed by atoms with van der Waals surface area (Å²) in [6, 6.07) is 8.50. The van der Waals surface area contributed by atoms with E-state index in [1.807, 2.05) is 12.1 Å². The fraction of sp³-hybridized carbons (Fsp3) is 0.500. The Hall–Kier alpha value is -0.980. The van der Waals surface area contributed by atoms with Crippen molar-refractivity contribution in [1.82, 2.24) is 10.6 Å². The molecule has 108 valence electrons. The second kappa shape index (κ2) is 9.89. The summed E-state index contributed by atoms with van der Waals surface area (Å²) in [7, 11) is 3.47. The lowest BCUT2D eigenvalue weighted by Crippen LogP contribution is -2.41. The summed E-state index contributed by atoms with van der Waals surface area (Å²) < 4.78 is 5.20. The second-order valence-electron chi connectivity index (χ2n) is 4.40. The maximum atomic E-state index is 5.20. The highest BCUT2D eigenvalue weighted by molar-refractivity contribution is 14.0. The van der Waals surface area contributed by atoms with E-state index >= 15 is 0 Å². The average molecular weight is 377 g/mol. The fourth-order valence-corrected chi connectivity index (χ4v) is 1.62. The molecule has 0 heterocycles. The zero-order valence-electron chi connectivity index (χ0n) is 12.1. The van der Waals surface area contributed by atoms with Gasteiger partial charge in [-0.05, 0) is 38.0 Å². The van der Waals surface area contributed by atoms with Gasteiger partial charge in [-0.1, -0.05) is 12.1 Å². The van der Waals surface area contributed by atoms with Crippen LogP contribution < -0.4 is 15.4 Å². The molecule has 0 aliphatic carbocycles. The number of ether oxygens (including phenoxy) is 1. The Balaban J connectivity index is 0.00000324. The third kappa shape index (κ3) is 7.25. The summed E-state index contributed by atoms with van der Waals surface area (Å²) in [5, 5.41) is 6.54. The van der Waals surface area contributed by atoms with Gasteiger partial charge in [0.05, 0.1) is 7.11 Å². The molecule has 0 radical (unpaired) electrons. The predicted molar refractivity (Wildman–Crippen MR) is 91.7 cm³/mol. The van der Waals surface area contributed by atoms with Crippen LogP contribution in [0, 0.1) is 0 Å². The second-order valence-corrected chi connectivity index (χ2v) is 4.40. The molecule has 0 fully saturated rings. The first-order valence-corrected chi connectivity index (χ1v) is 6.26. The molecule has 0 unspecified atom stereocenters. The molecule has 0 saturated heterocycles. The predicted octanol–water partition coefficient (Wildman–Crippen LogP) is 2.43. The van der Waals surface area contributed by atoms with E-state index in [1.54, 1.807) is 14.2 Å². The zero-order chi connectivity index (χ0) is 13.4. The van der Waals surface area contributed by atoms with Crippen LogP contribution in [0.25, 0.3) is 0 Å². The summed E-state index contributed by atoms with van der Waals surface area (Å²) >= 11 is 0. The molecule has 2 N–H and O–H groups in total. The Bertz CT molecular complexity index is 394. The van der Waals surface area contributed by atoms with Gasteiger partial charge in [0.25, 0.3) is 0 Å². The molecule has 0 aromatic heterocycles. The Morgan fingerprint density at radius 3 is 2.68 bits per heavy atom. The van der Waals surface area contributed by atoms with E-state index in [4.69, 9.17) is 4.74 Å². The molecule has 1 aromatic carbocycles. The maximum absolute atomic E-state index is 5.20. The molecule has 0 saturated carbocycles. The quantitative estimate of drug-likeness (QED) is 0.471. The van der Waals surface area contributed by atoms with Gasteiger partial charge in [-0.2, -0.15) is 0 Å². The van der Waals surface area contributed by atoms with Crippen LogP contribution in [0.15, 0.2) is 29.3 Å². The Labute approximate surface area is 133 Å². The average Bonchev–Trinajstić information content (AvgIpc) is 2.37. The van der Waals surface area contributed by atoms with Crippen LogP contribution in [0.3, 0.4) is 0 Å². The molecular formula is C14H24IN3O. The van der Waals surface area contributed by atoms with Crippen molar-refractivity contribution in [2.75, 3.05) is 20.7 Å². The van der Waals surface area contributed by atoms with Gasteiger partial charge in [0.15, 0.2) is 5.96 Å². The van der Waals surface area contributed by atoms with Gasteiger partial charge in [0.1, 0.15) is 5.75 Å². The normalized spacial score (nSPS) is 10.9. The van der Waals surface area contributed by atoms with E-state index in [2.05, 4.69) is 41.6 Å². The van der Waals surface area contributed by atoms with Crippen molar-refractivity contribution in [2.24, 2.45) is 4.99 Å². The zero-order valence-corrected chi connectivity index (χ0v) is 14.4. The van der Waals surface area contributed by atoms with Gasteiger partial charge in [0.2, 0.25) is 0 Å². The van der Waals surface area contributed by atoms with E-state index in [1.165, 1.54) is 5.56 Å². The largest absolute Gasteiger partial charge is 0.497 e. The van der Waals surface area contributed by atoms with E-state index in [9.17, 15) is 0 Å². The molecular weight excluding hydrogens is 353 g/mol. The molecule has 0 aliphatic heterocycles. The standard InChI is InChI=1S/C14H23N3O.HI/c1-11(2)17-14(15-3)16-9-8-12-6-5-7-13(10-12)18-4;/h5-7,10-11H,8-9H2,1-4H3,(H2,15,16,17);1H. The molecule has 4 nitrogen and oxygen atoms in total. The summed E-state index contributed by atoms with van der Waals surface area (Å²) in [5.41, 5.74) is 1.25. The molecule has 0 bridgehead atoms. The van der Waals surface area contributed by atoms with Gasteiger partial charge in [-0.25, -0.2) is 0 Å². The van der Waals surface area contributed by atoms with Crippen molar-refractivity contribution in [3.63, 3.8) is 0 Å². The molecule has 0 atom stereocenters. The number of hydrogen-bond donors (Lipinski definition) is 2. The minimum Gasteiger partial charge on any atom is -0.497 e. The highest BCUT2D eigenvalue weighted by Crippen LogP contribution is 2.12. The number of halogens is 1. The van der Waals surface area contributed by atoms with Crippen molar-refractivity contribution in [1.29, 1.82) is 0 Å². The highest BCUT2D eigenvalue weighted by atomic mass is 127. The number of nitrogens with zero attached hydrogens (tertiary/aromatic N) is 1. The molecule has 19 heavy (non-hydrogen) atoms. The number of nitrogens with one attached hydrogen (secondary N) is 2. The molecule has 1 rings (SSSR count). The molecule has 0 aliphatic rings. The SMILES string of the molecule is CN=C(NCCc1cccc(OC)c1)NC(C)C.I. The summed E-state index contributed by atoms with van der Waals surface area (Å²) in [5.74, 6) is 1.74. The fourth-order valence-electron chi connectivity index (χ4n) is 1.62. The van der Waals surface area contributed by atoms with Crippen molar-refractivity contribution >= 4 is 29.9 Å². The van der Waals surface area contributed by atoms with Crippen molar-refractivity contribution in [3.05, 3.63) is 29.8 Å². The lowest BCUT2D eigenvalue weighted by molar-refractivity contribution is 0.414. The Kier molecular flexibility index (Phi) is 9.38. The minimum atomic E-state index is 0. The lowest BCUT2D eigenvalue weighted by Gasteiger charge is -2.14. The lowest BCUT2D eigenvalue weighted by atomic mass is 10.1. The van der Waals surface area contributed by atoms with Gasteiger partial charge in [-0.3, -0.25) is 4.99 Å². The van der Waals surface area contributed by atoms with Crippen LogP contribution in [-0.2, 0) is 6.42 Å². The topological polar surface area (TPSA) is 45.7 Å². The number of benzene rings is 1. The van der Waals surface area contributed by atoms with E-state index in [0.29, 0.717) is 6.04 Å². The monoisotopic (exact) mass is 377 g/mol. The molecule has 0 spiro atoms. The molecule has 0 amide bonds. The third-order valence-electron chi connectivity index (χ3n) is 2.49. The minimum absolute atomic E-state index is 0. The van der Waals surface area contributed by atoms with Crippen LogP contribution in [0.2, 0.25) is 0 Å². The van der Waals surface area contributed by atoms with Crippen LogP contribution in [-0.4, -0.2) is 32.7 Å². The van der Waals surface area contributed by atoms with Crippen LogP contribution in [0.4, 0.5) is 0 Å². The molecule has 1 aromatic rings. The summed E-state index contributed by atoms with van der Waals surface area (Å²) in [6.07, 6.45) is 0.940. The first-order valence-electron chi connectivity index (χ1n) is 6.26. The number of aliphatic imine (C=N–C) groups is 1. The van der Waals surface area contributed by atoms with E-state index in [0.717, 1.165) is 24.7 Å². The number of methoxy groups -OCH3 is 1. The van der Waals surface area contributed by atoms with Crippen molar-refractivity contribution in [3.8, 4) is 5.75 Å².